The van der Waals surface area contributed by atoms with Crippen LogP contribution in [0.5, 0.6) is 0 Å². The van der Waals surface area contributed by atoms with E-state index >= 15 is 0 Å². The number of alkyl halides is 2. The van der Waals surface area contributed by atoms with E-state index in [9.17, 15) is 13.6 Å². The van der Waals surface area contributed by atoms with E-state index in [-0.39, 0.29) is 5.91 Å². The molecular weight excluding hydrogens is 364 g/mol. The van der Waals surface area contributed by atoms with Gasteiger partial charge in [-0.05, 0) is 37.0 Å². The number of aromatic nitrogens is 2. The molecule has 2 saturated heterocycles. The number of carbonyl (C=O) groups excluding carboxylic acids is 1. The summed E-state index contributed by atoms with van der Waals surface area (Å²) >= 11 is 0. The highest BCUT2D eigenvalue weighted by molar-refractivity contribution is 5.79. The van der Waals surface area contributed by atoms with Gasteiger partial charge in [0.1, 0.15) is 0 Å². The Morgan fingerprint density at radius 1 is 1.32 bits per heavy atom. The van der Waals surface area contributed by atoms with Crippen molar-refractivity contribution >= 4 is 11.6 Å². The zero-order valence-electron chi connectivity index (χ0n) is 15.9. The molecule has 0 spiro atoms. The number of amides is 1. The summed E-state index contributed by atoms with van der Waals surface area (Å²) in [6.45, 7) is 1.21. The molecular formula is C20H25F2N5O. The summed E-state index contributed by atoms with van der Waals surface area (Å²) in [5.41, 5.74) is 3.70. The van der Waals surface area contributed by atoms with Crippen LogP contribution in [0, 0.1) is 0 Å². The highest BCUT2D eigenvalue weighted by Crippen LogP contribution is 2.35. The van der Waals surface area contributed by atoms with Crippen LogP contribution < -0.4 is 15.5 Å². The third-order valence-electron chi connectivity index (χ3n) is 5.52. The van der Waals surface area contributed by atoms with Crippen molar-refractivity contribution in [1.29, 1.82) is 0 Å². The van der Waals surface area contributed by atoms with Crippen molar-refractivity contribution in [2.24, 2.45) is 0 Å². The van der Waals surface area contributed by atoms with E-state index in [1.807, 2.05) is 6.07 Å². The average molecular weight is 389 g/mol. The van der Waals surface area contributed by atoms with E-state index in [0.717, 1.165) is 29.9 Å². The summed E-state index contributed by atoms with van der Waals surface area (Å²) in [6, 6.07) is 7.13. The topological polar surface area (TPSA) is 62.2 Å². The summed E-state index contributed by atoms with van der Waals surface area (Å²) in [7, 11) is 0. The molecule has 2 unspecified atom stereocenters. The highest BCUT2D eigenvalue weighted by Gasteiger charge is 2.33. The fraction of sp³-hybridized carbons (Fsp3) is 0.500. The minimum atomic E-state index is -2.66. The lowest BCUT2D eigenvalue weighted by molar-refractivity contribution is -0.118. The van der Waals surface area contributed by atoms with Gasteiger partial charge < -0.3 is 15.5 Å². The number of halogens is 2. The number of nitrogens with one attached hydrogen (secondary N) is 2. The maximum atomic E-state index is 13.0. The molecule has 150 valence electrons. The zero-order chi connectivity index (χ0) is 19.7. The third kappa shape index (κ3) is 4.01. The number of anilines is 1. The van der Waals surface area contributed by atoms with Crippen LogP contribution in [-0.4, -0.2) is 47.4 Å². The number of hydrogen-bond acceptors (Lipinski definition) is 4. The first-order chi connectivity index (χ1) is 13.5. The molecule has 1 aromatic heterocycles. The van der Waals surface area contributed by atoms with Gasteiger partial charge in [-0.15, -0.1) is 0 Å². The Hall–Kier alpha value is -2.48. The van der Waals surface area contributed by atoms with Crippen LogP contribution in [0.3, 0.4) is 0 Å². The van der Waals surface area contributed by atoms with Crippen LogP contribution >= 0.6 is 0 Å². The molecule has 2 aliphatic rings. The molecule has 2 fully saturated rings. The van der Waals surface area contributed by atoms with Crippen molar-refractivity contribution in [2.75, 3.05) is 24.5 Å². The van der Waals surface area contributed by atoms with Gasteiger partial charge >= 0.3 is 6.55 Å². The Labute approximate surface area is 162 Å². The normalized spacial score (nSPS) is 21.4. The Morgan fingerprint density at radius 3 is 2.71 bits per heavy atom. The summed E-state index contributed by atoms with van der Waals surface area (Å²) in [5.74, 6) is -0.0636. The second-order valence-electron chi connectivity index (χ2n) is 7.61. The van der Waals surface area contributed by atoms with E-state index in [0.29, 0.717) is 35.3 Å². The second kappa shape index (κ2) is 7.87. The summed E-state index contributed by atoms with van der Waals surface area (Å²) in [4.78, 5) is 13.5. The average Bonchev–Trinajstić information content (AvgIpc) is 3.28. The molecule has 6 nitrogen and oxygen atoms in total. The standard InChI is InChI=1S/C20H25F2N5O/c1-13(28)23-7-6-14-2-5-19(26-11-16-3-4-17(12-26)25-16)18(8-14)15-9-24-27(10-15)20(21)22/h2,5,8-10,16-17,20,25H,3-4,6-7,11-12H2,1H3,(H,23,28). The van der Waals surface area contributed by atoms with Gasteiger partial charge in [0.25, 0.3) is 0 Å². The van der Waals surface area contributed by atoms with Crippen LogP contribution in [0.25, 0.3) is 11.1 Å². The number of benzene rings is 1. The van der Waals surface area contributed by atoms with Gasteiger partial charge in [0.05, 0.1) is 6.20 Å². The van der Waals surface area contributed by atoms with E-state index in [1.54, 1.807) is 0 Å². The number of hydrogen-bond donors (Lipinski definition) is 2. The fourth-order valence-corrected chi connectivity index (χ4v) is 4.21. The lowest BCUT2D eigenvalue weighted by Gasteiger charge is -2.36. The van der Waals surface area contributed by atoms with Gasteiger partial charge in [-0.1, -0.05) is 6.07 Å². The molecule has 4 rings (SSSR count). The van der Waals surface area contributed by atoms with Gasteiger partial charge in [0.15, 0.2) is 0 Å². The van der Waals surface area contributed by atoms with Gasteiger partial charge in [-0.25, -0.2) is 4.68 Å². The van der Waals surface area contributed by atoms with Crippen molar-refractivity contribution in [1.82, 2.24) is 20.4 Å². The number of carbonyl (C=O) groups is 1. The van der Waals surface area contributed by atoms with E-state index in [4.69, 9.17) is 0 Å². The van der Waals surface area contributed by atoms with Crippen molar-refractivity contribution in [3.63, 3.8) is 0 Å². The maximum Gasteiger partial charge on any atom is 0.333 e. The molecule has 2 aliphatic heterocycles. The predicted octanol–water partition coefficient (Wildman–Crippen LogP) is 2.56. The molecule has 28 heavy (non-hydrogen) atoms. The first-order valence-electron chi connectivity index (χ1n) is 9.70. The number of piperazine rings is 1. The van der Waals surface area contributed by atoms with Crippen molar-refractivity contribution in [2.45, 2.75) is 44.8 Å². The Balaban J connectivity index is 1.64. The Kier molecular flexibility index (Phi) is 5.30. The number of nitrogens with zero attached hydrogens (tertiary/aromatic N) is 3. The van der Waals surface area contributed by atoms with Crippen LogP contribution in [0.2, 0.25) is 0 Å². The Bertz CT molecular complexity index is 841. The molecule has 0 radical (unpaired) electrons. The zero-order valence-corrected chi connectivity index (χ0v) is 15.9. The lowest BCUT2D eigenvalue weighted by atomic mass is 10.00. The summed E-state index contributed by atoms with van der Waals surface area (Å²) < 4.78 is 26.7. The monoisotopic (exact) mass is 389 g/mol. The minimum Gasteiger partial charge on any atom is -0.368 e. The molecule has 2 bridgehead atoms. The van der Waals surface area contributed by atoms with E-state index < -0.39 is 6.55 Å². The molecule has 2 atom stereocenters. The van der Waals surface area contributed by atoms with Crippen LogP contribution in [0.1, 0.15) is 31.9 Å². The molecule has 2 N–H and O–H groups in total. The van der Waals surface area contributed by atoms with E-state index in [1.165, 1.54) is 32.2 Å². The molecule has 1 amide bonds. The quantitative estimate of drug-likeness (QED) is 0.797. The van der Waals surface area contributed by atoms with Crippen LogP contribution in [0.15, 0.2) is 30.6 Å². The third-order valence-corrected chi connectivity index (χ3v) is 5.52. The largest absolute Gasteiger partial charge is 0.368 e. The molecule has 1 aromatic carbocycles. The lowest BCUT2D eigenvalue weighted by Crippen LogP contribution is -2.51. The van der Waals surface area contributed by atoms with Gasteiger partial charge in [0, 0.05) is 61.7 Å². The van der Waals surface area contributed by atoms with Crippen LogP contribution in [-0.2, 0) is 11.2 Å². The molecule has 2 aromatic rings. The molecule has 0 saturated carbocycles. The van der Waals surface area contributed by atoms with Gasteiger partial charge in [-0.2, -0.15) is 13.9 Å². The van der Waals surface area contributed by atoms with Crippen molar-refractivity contribution < 1.29 is 13.6 Å². The SMILES string of the molecule is CC(=O)NCCc1ccc(N2CC3CCC(C2)N3)c(-c2cnn(C(F)F)c2)c1. The first-order valence-corrected chi connectivity index (χ1v) is 9.70. The van der Waals surface area contributed by atoms with E-state index in [2.05, 4.69) is 32.8 Å². The number of rotatable bonds is 6. The molecule has 0 aliphatic carbocycles. The number of fused-ring (bicyclic) bond motifs is 2. The highest BCUT2D eigenvalue weighted by atomic mass is 19.3. The van der Waals surface area contributed by atoms with Gasteiger partial charge in [-0.3, -0.25) is 4.79 Å². The predicted molar refractivity (Wildman–Crippen MR) is 103 cm³/mol. The minimum absolute atomic E-state index is 0.0636. The maximum absolute atomic E-state index is 13.0. The summed E-state index contributed by atoms with van der Waals surface area (Å²) in [5, 5.41) is 10.2. The molecule has 8 heteroatoms. The summed E-state index contributed by atoms with van der Waals surface area (Å²) in [6.07, 6.45) is 5.93. The first kappa shape index (κ1) is 18.9. The fourth-order valence-electron chi connectivity index (χ4n) is 4.21. The smallest absolute Gasteiger partial charge is 0.333 e. The second-order valence-corrected chi connectivity index (χ2v) is 7.61. The molecule has 3 heterocycles. The van der Waals surface area contributed by atoms with Crippen LogP contribution in [0.4, 0.5) is 14.5 Å². The Morgan fingerprint density at radius 2 is 2.07 bits per heavy atom. The van der Waals surface area contributed by atoms with Crippen molar-refractivity contribution in [3.05, 3.63) is 36.2 Å². The van der Waals surface area contributed by atoms with Crippen molar-refractivity contribution in [3.8, 4) is 11.1 Å². The van der Waals surface area contributed by atoms with Gasteiger partial charge in [0.2, 0.25) is 5.91 Å².